The molecule has 0 aromatic heterocycles. The van der Waals surface area contributed by atoms with Gasteiger partial charge in [-0.05, 0) is 38.1 Å². The van der Waals surface area contributed by atoms with Crippen LogP contribution in [0.5, 0.6) is 0 Å². The van der Waals surface area contributed by atoms with Gasteiger partial charge in [-0.1, -0.05) is 27.7 Å². The van der Waals surface area contributed by atoms with Gasteiger partial charge in [0.25, 0.3) is 0 Å². The Kier molecular flexibility index (Phi) is 7.20. The van der Waals surface area contributed by atoms with E-state index < -0.39 is 0 Å². The molecular weight excluding hydrogens is 186 g/mol. The summed E-state index contributed by atoms with van der Waals surface area (Å²) in [7, 11) is 1.79. The van der Waals surface area contributed by atoms with Crippen molar-refractivity contribution < 1.29 is 4.74 Å². The Morgan fingerprint density at radius 2 is 1.87 bits per heavy atom. The van der Waals surface area contributed by atoms with E-state index >= 15 is 0 Å². The molecule has 0 bridgehead atoms. The first-order valence-corrected chi connectivity index (χ1v) is 6.15. The maximum Gasteiger partial charge on any atom is 0.0558 e. The van der Waals surface area contributed by atoms with E-state index in [4.69, 9.17) is 4.74 Å². The van der Waals surface area contributed by atoms with Gasteiger partial charge in [0.2, 0.25) is 0 Å². The van der Waals surface area contributed by atoms with E-state index in [2.05, 4.69) is 39.9 Å². The highest BCUT2D eigenvalue weighted by Gasteiger charge is 2.16. The summed E-state index contributed by atoms with van der Waals surface area (Å²) in [4.78, 5) is 0. The van der Waals surface area contributed by atoms with Crippen molar-refractivity contribution in [2.45, 2.75) is 66.0 Å². The normalized spacial score (nSPS) is 16.4. The molecule has 0 saturated heterocycles. The van der Waals surface area contributed by atoms with Crippen molar-refractivity contribution in [3.05, 3.63) is 0 Å². The van der Waals surface area contributed by atoms with Crippen molar-refractivity contribution in [1.29, 1.82) is 0 Å². The third-order valence-electron chi connectivity index (χ3n) is 2.75. The van der Waals surface area contributed by atoms with Gasteiger partial charge >= 0.3 is 0 Å². The predicted octanol–water partition coefficient (Wildman–Crippen LogP) is 3.22. The van der Waals surface area contributed by atoms with Crippen LogP contribution in [0.1, 0.15) is 53.9 Å². The van der Waals surface area contributed by atoms with Gasteiger partial charge in [0, 0.05) is 13.2 Å². The van der Waals surface area contributed by atoms with E-state index in [0.717, 1.165) is 13.0 Å². The number of nitrogens with one attached hydrogen (secondary N) is 1. The lowest BCUT2D eigenvalue weighted by atomic mass is 9.87. The van der Waals surface area contributed by atoms with E-state index in [1.165, 1.54) is 12.8 Å². The molecule has 0 radical (unpaired) electrons. The smallest absolute Gasteiger partial charge is 0.0558 e. The second kappa shape index (κ2) is 7.24. The van der Waals surface area contributed by atoms with Gasteiger partial charge < -0.3 is 10.1 Å². The minimum atomic E-state index is 0.356. The Labute approximate surface area is 95.8 Å². The highest BCUT2D eigenvalue weighted by Crippen LogP contribution is 2.22. The van der Waals surface area contributed by atoms with Crippen molar-refractivity contribution in [2.75, 3.05) is 13.7 Å². The number of methoxy groups -OCH3 is 1. The van der Waals surface area contributed by atoms with E-state index in [9.17, 15) is 0 Å². The van der Waals surface area contributed by atoms with Gasteiger partial charge in [0.05, 0.1) is 6.10 Å². The fourth-order valence-electron chi connectivity index (χ4n) is 1.70. The quantitative estimate of drug-likeness (QED) is 0.704. The SMILES string of the molecule is CCNC(CCC(C)(C)C)CC(C)OC. The Bertz CT molecular complexity index is 151. The second-order valence-corrected chi connectivity index (χ2v) is 5.64. The molecule has 1 N–H and O–H groups in total. The first-order chi connectivity index (χ1) is 6.89. The zero-order chi connectivity index (χ0) is 11.9. The maximum absolute atomic E-state index is 5.32. The summed E-state index contributed by atoms with van der Waals surface area (Å²) in [5.41, 5.74) is 0.435. The van der Waals surface area contributed by atoms with Crippen LogP contribution in [-0.2, 0) is 4.74 Å². The molecule has 0 heterocycles. The topological polar surface area (TPSA) is 21.3 Å². The molecule has 0 aliphatic carbocycles. The summed E-state index contributed by atoms with van der Waals surface area (Å²) < 4.78 is 5.32. The summed E-state index contributed by atoms with van der Waals surface area (Å²) in [6.45, 7) is 12.3. The lowest BCUT2D eigenvalue weighted by Gasteiger charge is -2.25. The van der Waals surface area contributed by atoms with Gasteiger partial charge in [0.15, 0.2) is 0 Å². The third kappa shape index (κ3) is 8.88. The van der Waals surface area contributed by atoms with Crippen LogP contribution in [0.4, 0.5) is 0 Å². The summed E-state index contributed by atoms with van der Waals surface area (Å²) in [5.74, 6) is 0. The monoisotopic (exact) mass is 215 g/mol. The molecule has 0 amide bonds. The summed E-state index contributed by atoms with van der Waals surface area (Å²) in [5, 5.41) is 3.54. The zero-order valence-electron chi connectivity index (χ0n) is 11.4. The minimum Gasteiger partial charge on any atom is -0.382 e. The molecule has 0 aromatic carbocycles. The fraction of sp³-hybridized carbons (Fsp3) is 1.00. The van der Waals surface area contributed by atoms with Crippen molar-refractivity contribution in [2.24, 2.45) is 5.41 Å². The number of rotatable bonds is 7. The molecule has 15 heavy (non-hydrogen) atoms. The van der Waals surface area contributed by atoms with Crippen LogP contribution in [0, 0.1) is 5.41 Å². The average Bonchev–Trinajstić information content (AvgIpc) is 2.13. The second-order valence-electron chi connectivity index (χ2n) is 5.64. The van der Waals surface area contributed by atoms with Crippen LogP contribution in [0.25, 0.3) is 0 Å². The van der Waals surface area contributed by atoms with Gasteiger partial charge in [-0.3, -0.25) is 0 Å². The Hall–Kier alpha value is -0.0800. The Morgan fingerprint density at radius 3 is 2.27 bits per heavy atom. The van der Waals surface area contributed by atoms with E-state index in [1.807, 2.05) is 0 Å². The molecule has 0 aliphatic rings. The average molecular weight is 215 g/mol. The zero-order valence-corrected chi connectivity index (χ0v) is 11.4. The van der Waals surface area contributed by atoms with Crippen molar-refractivity contribution in [3.63, 3.8) is 0 Å². The highest BCUT2D eigenvalue weighted by molar-refractivity contribution is 4.73. The Balaban J connectivity index is 3.93. The maximum atomic E-state index is 5.32. The van der Waals surface area contributed by atoms with Crippen molar-refractivity contribution in [1.82, 2.24) is 5.32 Å². The largest absolute Gasteiger partial charge is 0.382 e. The molecular formula is C13H29NO. The van der Waals surface area contributed by atoms with E-state index in [-0.39, 0.29) is 0 Å². The first kappa shape index (κ1) is 14.9. The molecule has 0 aliphatic heterocycles. The minimum absolute atomic E-state index is 0.356. The molecule has 2 nitrogen and oxygen atoms in total. The van der Waals surface area contributed by atoms with Crippen LogP contribution < -0.4 is 5.32 Å². The van der Waals surface area contributed by atoms with Gasteiger partial charge in [-0.15, -0.1) is 0 Å². The van der Waals surface area contributed by atoms with E-state index in [1.54, 1.807) is 7.11 Å². The third-order valence-corrected chi connectivity index (χ3v) is 2.75. The summed E-state index contributed by atoms with van der Waals surface area (Å²) >= 11 is 0. The highest BCUT2D eigenvalue weighted by atomic mass is 16.5. The molecule has 92 valence electrons. The van der Waals surface area contributed by atoms with Gasteiger partial charge in [-0.2, -0.15) is 0 Å². The summed E-state index contributed by atoms with van der Waals surface area (Å²) in [6, 6.07) is 0.601. The van der Waals surface area contributed by atoms with Crippen LogP contribution in [-0.4, -0.2) is 25.8 Å². The predicted molar refractivity (Wildman–Crippen MR) is 67.2 cm³/mol. The molecule has 2 atom stereocenters. The van der Waals surface area contributed by atoms with Crippen LogP contribution in [0.3, 0.4) is 0 Å². The molecule has 0 aromatic rings. The molecule has 2 unspecified atom stereocenters. The lowest BCUT2D eigenvalue weighted by Crippen LogP contribution is -2.33. The summed E-state index contributed by atoms with van der Waals surface area (Å²) in [6.07, 6.45) is 3.97. The van der Waals surface area contributed by atoms with Crippen molar-refractivity contribution >= 4 is 0 Å². The first-order valence-electron chi connectivity index (χ1n) is 6.15. The van der Waals surface area contributed by atoms with Crippen LogP contribution in [0.2, 0.25) is 0 Å². The van der Waals surface area contributed by atoms with Gasteiger partial charge in [0.1, 0.15) is 0 Å². The van der Waals surface area contributed by atoms with Crippen LogP contribution in [0.15, 0.2) is 0 Å². The molecule has 2 heteroatoms. The Morgan fingerprint density at radius 1 is 1.27 bits per heavy atom. The molecule has 0 spiro atoms. The number of ether oxygens (including phenoxy) is 1. The standard InChI is InChI=1S/C13H29NO/c1-7-14-12(10-11(2)15-6)8-9-13(3,4)5/h11-12,14H,7-10H2,1-6H3. The van der Waals surface area contributed by atoms with Gasteiger partial charge in [-0.25, -0.2) is 0 Å². The fourth-order valence-corrected chi connectivity index (χ4v) is 1.70. The molecule has 0 rings (SSSR count). The molecule has 0 saturated carbocycles. The lowest BCUT2D eigenvalue weighted by molar-refractivity contribution is 0.0977. The molecule has 0 fully saturated rings. The van der Waals surface area contributed by atoms with E-state index in [0.29, 0.717) is 17.6 Å². The number of hydrogen-bond donors (Lipinski definition) is 1. The van der Waals surface area contributed by atoms with Crippen LogP contribution >= 0.6 is 0 Å². The van der Waals surface area contributed by atoms with Crippen molar-refractivity contribution in [3.8, 4) is 0 Å². The number of hydrogen-bond acceptors (Lipinski definition) is 2.